The minimum absolute atomic E-state index is 0.126. The number of anilines is 1. The van der Waals surface area contributed by atoms with Crippen molar-refractivity contribution >= 4 is 46.7 Å². The number of halogens is 1. The van der Waals surface area contributed by atoms with E-state index >= 15 is 0 Å². The Balaban J connectivity index is 1.90. The molecule has 2 N–H and O–H groups in total. The zero-order valence-electron chi connectivity index (χ0n) is 14.0. The number of fused-ring (bicyclic) bond motifs is 3. The summed E-state index contributed by atoms with van der Waals surface area (Å²) in [6.45, 7) is 0. The molecule has 0 spiro atoms. The van der Waals surface area contributed by atoms with Crippen LogP contribution < -0.4 is 15.5 Å². The summed E-state index contributed by atoms with van der Waals surface area (Å²) in [5, 5.41) is 22.8. The van der Waals surface area contributed by atoms with E-state index in [0.29, 0.717) is 26.8 Å². The second kappa shape index (κ2) is 6.81. The highest BCUT2D eigenvalue weighted by Gasteiger charge is 2.28. The van der Waals surface area contributed by atoms with Crippen LogP contribution in [0.1, 0.15) is 11.8 Å². The predicted molar refractivity (Wildman–Crippen MR) is 108 cm³/mol. The molecule has 1 aliphatic rings. The topological polar surface area (TPSA) is 80.2 Å². The van der Waals surface area contributed by atoms with Crippen LogP contribution in [0.15, 0.2) is 46.0 Å². The van der Waals surface area contributed by atoms with E-state index in [1.54, 1.807) is 0 Å². The van der Waals surface area contributed by atoms with Gasteiger partial charge >= 0.3 is 0 Å². The molecule has 0 fully saturated rings. The molecule has 0 bridgehead atoms. The summed E-state index contributed by atoms with van der Waals surface area (Å²) >= 11 is 4.79. The molecule has 2 aromatic carbocycles. The van der Waals surface area contributed by atoms with Crippen molar-refractivity contribution in [3.63, 3.8) is 0 Å². The number of phenolic OH excluding ortho intramolecular Hbond substituents is 1. The molecule has 0 amide bonds. The first kappa shape index (κ1) is 17.2. The molecule has 2 heterocycles. The Morgan fingerprint density at radius 2 is 2.08 bits per heavy atom. The van der Waals surface area contributed by atoms with Crippen LogP contribution >= 0.6 is 27.7 Å². The van der Waals surface area contributed by atoms with E-state index in [0.717, 1.165) is 16.7 Å². The fourth-order valence-corrected chi connectivity index (χ4v) is 3.72. The van der Waals surface area contributed by atoms with Crippen molar-refractivity contribution in [1.29, 1.82) is 0 Å². The number of phenols is 1. The number of benzene rings is 2. The Bertz CT molecular complexity index is 1000. The van der Waals surface area contributed by atoms with E-state index in [-0.39, 0.29) is 5.75 Å². The molecule has 0 aliphatic carbocycles. The number of ether oxygens (including phenoxy) is 1. The van der Waals surface area contributed by atoms with E-state index < -0.39 is 6.23 Å². The lowest BCUT2D eigenvalue weighted by Gasteiger charge is -2.21. The van der Waals surface area contributed by atoms with E-state index in [2.05, 4.69) is 36.4 Å². The van der Waals surface area contributed by atoms with Gasteiger partial charge in [0.2, 0.25) is 17.3 Å². The highest BCUT2D eigenvalue weighted by molar-refractivity contribution is 9.10. The number of rotatable bonds is 2. The summed E-state index contributed by atoms with van der Waals surface area (Å²) < 4.78 is 6.75. The van der Waals surface area contributed by atoms with Gasteiger partial charge in [0.05, 0.1) is 10.0 Å². The Morgan fingerprint density at radius 3 is 2.88 bits per heavy atom. The average molecular weight is 429 g/mol. The third kappa shape index (κ3) is 3.01. The Kier molecular flexibility index (Phi) is 4.50. The molecule has 3 aromatic rings. The molecular weight excluding hydrogens is 415 g/mol. The number of aromatic hydroxyl groups is 1. The van der Waals surface area contributed by atoms with Crippen molar-refractivity contribution in [3.05, 3.63) is 46.4 Å². The molecule has 0 saturated heterocycles. The van der Waals surface area contributed by atoms with Crippen LogP contribution in [-0.2, 0) is 0 Å². The molecule has 0 saturated carbocycles. The van der Waals surface area contributed by atoms with Crippen molar-refractivity contribution < 1.29 is 9.84 Å². The van der Waals surface area contributed by atoms with Crippen molar-refractivity contribution in [1.82, 2.24) is 15.2 Å². The van der Waals surface area contributed by atoms with Crippen molar-refractivity contribution in [2.24, 2.45) is 0 Å². The van der Waals surface area contributed by atoms with Crippen LogP contribution in [0.2, 0.25) is 0 Å². The van der Waals surface area contributed by atoms with Gasteiger partial charge in [-0.1, -0.05) is 47.6 Å². The van der Waals surface area contributed by atoms with Crippen LogP contribution in [0.4, 0.5) is 5.69 Å². The van der Waals surface area contributed by atoms with Gasteiger partial charge in [-0.05, 0) is 28.3 Å². The monoisotopic (exact) mass is 428 g/mol. The molecule has 26 heavy (non-hydrogen) atoms. The summed E-state index contributed by atoms with van der Waals surface area (Å²) in [6, 6.07) is 11.5. The number of nitrogens with zero attached hydrogens (tertiary/aromatic N) is 3. The quantitative estimate of drug-likeness (QED) is 0.479. The zero-order chi connectivity index (χ0) is 18.3. The van der Waals surface area contributed by atoms with E-state index in [1.807, 2.05) is 50.5 Å². The Morgan fingerprint density at radius 1 is 1.27 bits per heavy atom. The second-order valence-corrected chi connectivity index (χ2v) is 7.45. The molecule has 1 atom stereocenters. The molecule has 1 unspecified atom stereocenters. The highest BCUT2D eigenvalue weighted by atomic mass is 79.9. The predicted octanol–water partition coefficient (Wildman–Crippen LogP) is 2.49. The summed E-state index contributed by atoms with van der Waals surface area (Å²) in [4.78, 5) is 4.47. The van der Waals surface area contributed by atoms with E-state index in [1.165, 1.54) is 11.8 Å². The molecule has 9 heteroatoms. The number of para-hydroxylation sites is 1. The maximum atomic E-state index is 10.5. The molecule has 130 valence electrons. The lowest BCUT2D eigenvalue weighted by atomic mass is 9.93. The molecule has 0 radical (unpaired) electrons. The SMILES string of the molecule is Bc1cc(Br)c(O)c(C2Nc3ccccc3-c3nnc(SC)nc3O2)c1. The number of aromatic nitrogens is 3. The number of nitrogens with one attached hydrogen (secondary N) is 1. The summed E-state index contributed by atoms with van der Waals surface area (Å²) in [5.74, 6) is 0.505. The van der Waals surface area contributed by atoms with Crippen LogP contribution in [0.25, 0.3) is 11.3 Å². The Labute approximate surface area is 163 Å². The first-order valence-corrected chi connectivity index (χ1v) is 9.89. The maximum absolute atomic E-state index is 10.5. The minimum atomic E-state index is -0.625. The standard InChI is InChI=1S/C17H14BBrN4O2S/c1-26-17-21-16-13(22-23-17)9-4-2-3-5-12(9)20-15(25-16)10-6-8(18)7-11(19)14(10)24/h2-7,15,20,24H,18H2,1H3. The third-order valence-corrected chi connectivity index (χ3v) is 5.18. The van der Waals surface area contributed by atoms with Crippen LogP contribution in [0.5, 0.6) is 11.6 Å². The van der Waals surface area contributed by atoms with Crippen LogP contribution in [0, 0.1) is 0 Å². The number of thioether (sulfide) groups is 1. The van der Waals surface area contributed by atoms with Gasteiger partial charge in [0, 0.05) is 11.3 Å². The van der Waals surface area contributed by atoms with Crippen molar-refractivity contribution in [3.8, 4) is 22.9 Å². The van der Waals surface area contributed by atoms with Gasteiger partial charge in [0.25, 0.3) is 0 Å². The van der Waals surface area contributed by atoms with Gasteiger partial charge in [0.15, 0.2) is 5.69 Å². The van der Waals surface area contributed by atoms with Crippen molar-refractivity contribution in [2.75, 3.05) is 11.6 Å². The first-order valence-electron chi connectivity index (χ1n) is 7.87. The lowest BCUT2D eigenvalue weighted by Crippen LogP contribution is -2.19. The molecule has 1 aliphatic heterocycles. The smallest absolute Gasteiger partial charge is 0.247 e. The normalized spacial score (nSPS) is 15.2. The minimum Gasteiger partial charge on any atom is -0.506 e. The average Bonchev–Trinajstić information content (AvgIpc) is 2.80. The summed E-state index contributed by atoms with van der Waals surface area (Å²) in [6.07, 6.45) is 1.26. The van der Waals surface area contributed by atoms with E-state index in [9.17, 15) is 5.11 Å². The van der Waals surface area contributed by atoms with Gasteiger partial charge < -0.3 is 15.2 Å². The molecule has 1 aromatic heterocycles. The van der Waals surface area contributed by atoms with E-state index in [4.69, 9.17) is 4.74 Å². The van der Waals surface area contributed by atoms with Gasteiger partial charge in [-0.2, -0.15) is 4.98 Å². The highest BCUT2D eigenvalue weighted by Crippen LogP contribution is 2.41. The fourth-order valence-electron chi connectivity index (χ4n) is 2.84. The van der Waals surface area contributed by atoms with Gasteiger partial charge in [-0.3, -0.25) is 0 Å². The molecule has 6 nitrogen and oxygen atoms in total. The first-order chi connectivity index (χ1) is 12.6. The van der Waals surface area contributed by atoms with Gasteiger partial charge in [0.1, 0.15) is 13.6 Å². The van der Waals surface area contributed by atoms with Crippen LogP contribution in [-0.4, -0.2) is 34.4 Å². The summed E-state index contributed by atoms with van der Waals surface area (Å²) in [7, 11) is 1.96. The van der Waals surface area contributed by atoms with Crippen molar-refractivity contribution in [2.45, 2.75) is 11.4 Å². The molecular formula is C17H14BBrN4O2S. The zero-order valence-corrected chi connectivity index (χ0v) is 16.4. The molecule has 4 rings (SSSR count). The number of hydrogen-bond donors (Lipinski definition) is 2. The third-order valence-electron chi connectivity index (χ3n) is 4.04. The maximum Gasteiger partial charge on any atom is 0.247 e. The fraction of sp³-hybridized carbons (Fsp3) is 0.118. The summed E-state index contributed by atoms with van der Waals surface area (Å²) in [5.41, 5.74) is 3.87. The Hall–Kier alpha value is -2.26. The van der Waals surface area contributed by atoms with Crippen LogP contribution in [0.3, 0.4) is 0 Å². The van der Waals surface area contributed by atoms with Gasteiger partial charge in [-0.15, -0.1) is 10.2 Å². The largest absolute Gasteiger partial charge is 0.506 e. The van der Waals surface area contributed by atoms with Gasteiger partial charge in [-0.25, -0.2) is 0 Å². The second-order valence-electron chi connectivity index (χ2n) is 5.82. The lowest BCUT2D eigenvalue weighted by molar-refractivity contribution is 0.220. The number of hydrogen-bond acceptors (Lipinski definition) is 7.